The molecule has 3 N–H and O–H groups in total. The number of unbranched alkanes of at least 4 members (excludes halogenated alkanes) is 13. The lowest BCUT2D eigenvalue weighted by molar-refractivity contribution is -0.161. The molecule has 10 heteroatoms. The molecule has 0 radical (unpaired) electrons. The SMILES string of the molecule is CCCCCCCCCCCCC(=O)OC[C@H](COP(=O)(O)O)OC(=O)CCC/C=C\C/C=C\C/C=C\C/C=C\CCCCCO. The van der Waals surface area contributed by atoms with Gasteiger partial charge in [0.2, 0.25) is 0 Å². The second-order valence-corrected chi connectivity index (χ2v) is 12.8. The van der Waals surface area contributed by atoms with E-state index < -0.39 is 32.5 Å². The van der Waals surface area contributed by atoms with Crippen LogP contribution in [0, 0.1) is 0 Å². The molecule has 0 bridgehead atoms. The van der Waals surface area contributed by atoms with Crippen molar-refractivity contribution in [3.05, 3.63) is 48.6 Å². The number of esters is 2. The first kappa shape index (κ1) is 44.0. The monoisotopic (exact) mass is 670 g/mol. The van der Waals surface area contributed by atoms with E-state index in [-0.39, 0.29) is 26.1 Å². The molecule has 0 spiro atoms. The van der Waals surface area contributed by atoms with Crippen molar-refractivity contribution in [1.29, 1.82) is 0 Å². The van der Waals surface area contributed by atoms with Crippen molar-refractivity contribution in [3.63, 3.8) is 0 Å². The molecule has 0 aromatic carbocycles. The van der Waals surface area contributed by atoms with Crippen LogP contribution in [-0.2, 0) is 28.2 Å². The Balaban J connectivity index is 4.11. The molecule has 0 amide bonds. The van der Waals surface area contributed by atoms with Gasteiger partial charge in [-0.25, -0.2) is 4.57 Å². The number of allylic oxidation sites excluding steroid dienone is 8. The zero-order chi connectivity index (χ0) is 34.0. The van der Waals surface area contributed by atoms with E-state index in [1.165, 1.54) is 38.5 Å². The topological polar surface area (TPSA) is 140 Å². The molecule has 1 atom stereocenters. The van der Waals surface area contributed by atoms with Crippen LogP contribution in [0.5, 0.6) is 0 Å². The fraction of sp³-hybridized carbons (Fsp3) is 0.722. The molecule has 0 saturated heterocycles. The maximum Gasteiger partial charge on any atom is 0.469 e. The van der Waals surface area contributed by atoms with E-state index in [1.807, 2.05) is 12.2 Å². The van der Waals surface area contributed by atoms with E-state index in [1.54, 1.807) is 0 Å². The number of hydrogen-bond donors (Lipinski definition) is 3. The summed E-state index contributed by atoms with van der Waals surface area (Å²) in [6.07, 6.45) is 35.7. The van der Waals surface area contributed by atoms with E-state index in [9.17, 15) is 14.2 Å². The predicted octanol–water partition coefficient (Wildman–Crippen LogP) is 8.98. The lowest BCUT2D eigenvalue weighted by atomic mass is 10.1. The Morgan fingerprint density at radius 1 is 0.609 bits per heavy atom. The van der Waals surface area contributed by atoms with Gasteiger partial charge in [0.1, 0.15) is 6.61 Å². The second-order valence-electron chi connectivity index (χ2n) is 11.6. The van der Waals surface area contributed by atoms with Gasteiger partial charge in [-0.15, -0.1) is 0 Å². The van der Waals surface area contributed by atoms with Gasteiger partial charge in [0, 0.05) is 19.4 Å². The van der Waals surface area contributed by atoms with E-state index in [0.29, 0.717) is 19.3 Å². The van der Waals surface area contributed by atoms with Crippen LogP contribution >= 0.6 is 7.82 Å². The Bertz CT molecular complexity index is 892. The van der Waals surface area contributed by atoms with Crippen molar-refractivity contribution in [3.8, 4) is 0 Å². The molecule has 46 heavy (non-hydrogen) atoms. The number of rotatable bonds is 32. The highest BCUT2D eigenvalue weighted by Gasteiger charge is 2.22. The van der Waals surface area contributed by atoms with Crippen molar-refractivity contribution < 1.29 is 43.0 Å². The first-order valence-electron chi connectivity index (χ1n) is 17.5. The summed E-state index contributed by atoms with van der Waals surface area (Å²) in [4.78, 5) is 42.5. The molecule has 0 aromatic rings. The van der Waals surface area contributed by atoms with Gasteiger partial charge in [0.25, 0.3) is 0 Å². The molecule has 0 heterocycles. The quantitative estimate of drug-likeness (QED) is 0.0277. The summed E-state index contributed by atoms with van der Waals surface area (Å²) in [5.41, 5.74) is 0. The van der Waals surface area contributed by atoms with Gasteiger partial charge in [-0.3, -0.25) is 14.1 Å². The number of hydrogen-bond acceptors (Lipinski definition) is 7. The minimum atomic E-state index is -4.77. The van der Waals surface area contributed by atoms with Gasteiger partial charge in [-0.05, 0) is 57.8 Å². The summed E-state index contributed by atoms with van der Waals surface area (Å²) < 4.78 is 26.1. The minimum Gasteiger partial charge on any atom is -0.462 e. The fourth-order valence-electron chi connectivity index (χ4n) is 4.52. The molecule has 0 aliphatic rings. The highest BCUT2D eigenvalue weighted by Crippen LogP contribution is 2.35. The van der Waals surface area contributed by atoms with Crippen LogP contribution in [0.4, 0.5) is 0 Å². The molecule has 0 aromatic heterocycles. The van der Waals surface area contributed by atoms with E-state index in [0.717, 1.165) is 64.2 Å². The number of phosphoric acid groups is 1. The molecule has 0 aliphatic carbocycles. The van der Waals surface area contributed by atoms with E-state index >= 15 is 0 Å². The highest BCUT2D eigenvalue weighted by atomic mass is 31.2. The summed E-state index contributed by atoms with van der Waals surface area (Å²) in [6, 6.07) is 0. The Morgan fingerprint density at radius 3 is 1.63 bits per heavy atom. The van der Waals surface area contributed by atoms with Crippen LogP contribution in [0.15, 0.2) is 48.6 Å². The Hall–Kier alpha value is -2.03. The first-order valence-corrected chi connectivity index (χ1v) is 19.1. The number of carbonyl (C=O) groups excluding carboxylic acids is 2. The fourth-order valence-corrected chi connectivity index (χ4v) is 4.88. The number of aliphatic hydroxyl groups excluding tert-OH is 1. The number of ether oxygens (including phenoxy) is 2. The molecule has 0 unspecified atom stereocenters. The van der Waals surface area contributed by atoms with Gasteiger partial charge >= 0.3 is 19.8 Å². The summed E-state index contributed by atoms with van der Waals surface area (Å²) in [7, 11) is -4.77. The Labute approximate surface area is 278 Å². The molecule has 0 saturated carbocycles. The third kappa shape index (κ3) is 34.8. The van der Waals surface area contributed by atoms with Crippen molar-refractivity contribution in [2.45, 2.75) is 148 Å². The third-order valence-corrected chi connectivity index (χ3v) is 7.64. The van der Waals surface area contributed by atoms with Gasteiger partial charge in [-0.1, -0.05) is 120 Å². The van der Waals surface area contributed by atoms with Gasteiger partial charge in [0.05, 0.1) is 6.61 Å². The van der Waals surface area contributed by atoms with Crippen LogP contribution in [0.25, 0.3) is 0 Å². The zero-order valence-corrected chi connectivity index (χ0v) is 29.3. The molecule has 0 rings (SSSR count). The van der Waals surface area contributed by atoms with Crippen molar-refractivity contribution >= 4 is 19.8 Å². The van der Waals surface area contributed by atoms with Crippen LogP contribution < -0.4 is 0 Å². The summed E-state index contributed by atoms with van der Waals surface area (Å²) in [5, 5.41) is 8.76. The lowest BCUT2D eigenvalue weighted by Gasteiger charge is -2.18. The first-order chi connectivity index (χ1) is 22.3. The maximum absolute atomic E-state index is 12.3. The molecule has 9 nitrogen and oxygen atoms in total. The minimum absolute atomic E-state index is 0.126. The van der Waals surface area contributed by atoms with E-state index in [2.05, 4.69) is 47.9 Å². The molecular weight excluding hydrogens is 607 g/mol. The summed E-state index contributed by atoms with van der Waals surface area (Å²) in [5.74, 6) is -0.969. The average Bonchev–Trinajstić information content (AvgIpc) is 3.02. The van der Waals surface area contributed by atoms with Gasteiger partial charge in [-0.2, -0.15) is 0 Å². The normalized spacial score (nSPS) is 13.0. The van der Waals surface area contributed by atoms with Crippen LogP contribution in [0.1, 0.15) is 142 Å². The zero-order valence-electron chi connectivity index (χ0n) is 28.4. The highest BCUT2D eigenvalue weighted by molar-refractivity contribution is 7.46. The van der Waals surface area contributed by atoms with Crippen molar-refractivity contribution in [1.82, 2.24) is 0 Å². The number of carbonyl (C=O) groups is 2. The standard InChI is InChI=1S/C36H63O9P/c1-2-3-4-5-6-7-17-20-23-26-29-35(38)43-32-34(33-44-46(40,41)42)45-36(39)30-27-24-21-18-15-13-11-9-8-10-12-14-16-19-22-25-28-31-37/h8,10-11,13-14,16,18,21,34,37H,2-7,9,12,15,17,19-20,22-33H2,1H3,(H2,40,41,42)/b10-8-,13-11-,16-14-,21-18-/t34-/m1/s1. The lowest BCUT2D eigenvalue weighted by Crippen LogP contribution is -2.29. The summed E-state index contributed by atoms with van der Waals surface area (Å²) >= 11 is 0. The average molecular weight is 671 g/mol. The van der Waals surface area contributed by atoms with Gasteiger partial charge in [0.15, 0.2) is 6.10 Å². The largest absolute Gasteiger partial charge is 0.469 e. The van der Waals surface area contributed by atoms with Crippen LogP contribution in [0.2, 0.25) is 0 Å². The van der Waals surface area contributed by atoms with Crippen molar-refractivity contribution in [2.75, 3.05) is 19.8 Å². The predicted molar refractivity (Wildman–Crippen MR) is 185 cm³/mol. The molecule has 0 fully saturated rings. The Morgan fingerprint density at radius 2 is 1.09 bits per heavy atom. The molecule has 0 aliphatic heterocycles. The molecule has 266 valence electrons. The van der Waals surface area contributed by atoms with Gasteiger partial charge < -0.3 is 24.4 Å². The van der Waals surface area contributed by atoms with Crippen LogP contribution in [0.3, 0.4) is 0 Å². The Kier molecular flexibility index (Phi) is 31.4. The van der Waals surface area contributed by atoms with Crippen LogP contribution in [-0.4, -0.2) is 52.8 Å². The second kappa shape index (κ2) is 32.9. The van der Waals surface area contributed by atoms with E-state index in [4.69, 9.17) is 24.4 Å². The van der Waals surface area contributed by atoms with Crippen molar-refractivity contribution in [2.24, 2.45) is 0 Å². The number of phosphoric ester groups is 1. The summed E-state index contributed by atoms with van der Waals surface area (Å²) in [6.45, 7) is 1.61. The maximum atomic E-state index is 12.3. The number of aliphatic hydroxyl groups is 1. The molecular formula is C36H63O9P. The third-order valence-electron chi connectivity index (χ3n) is 7.16. The smallest absolute Gasteiger partial charge is 0.462 e.